The highest BCUT2D eigenvalue weighted by molar-refractivity contribution is 7.10. The number of nitro benzene ring substituents is 1. The van der Waals surface area contributed by atoms with E-state index in [-0.39, 0.29) is 29.2 Å². The Morgan fingerprint density at radius 1 is 1.24 bits per heavy atom. The fourth-order valence-corrected chi connectivity index (χ4v) is 4.78. The zero-order valence-corrected chi connectivity index (χ0v) is 16.9. The zero-order chi connectivity index (χ0) is 20.4. The molecule has 0 fully saturated rings. The van der Waals surface area contributed by atoms with E-state index >= 15 is 0 Å². The zero-order valence-electron chi connectivity index (χ0n) is 15.4. The van der Waals surface area contributed by atoms with Gasteiger partial charge < -0.3 is 5.32 Å². The summed E-state index contributed by atoms with van der Waals surface area (Å²) in [5.41, 5.74) is 2.64. The van der Waals surface area contributed by atoms with Gasteiger partial charge in [-0.05, 0) is 35.1 Å². The number of halogens is 1. The first-order valence-corrected chi connectivity index (χ1v) is 10.4. The number of benzene rings is 2. The van der Waals surface area contributed by atoms with E-state index < -0.39 is 4.92 Å². The standard InChI is InChI=1S/C21H18ClN3O3S/c22-17-12-15(25(27)28)6-7-18(17)23-20(26)13-24-10-8-19-16(9-11-29-19)21(24)14-4-2-1-3-5-14/h1-7,9,11-12,21H,8,10,13H2,(H,23,26). The van der Waals surface area contributed by atoms with Crippen LogP contribution in [0, 0.1) is 10.1 Å². The topological polar surface area (TPSA) is 75.5 Å². The van der Waals surface area contributed by atoms with E-state index in [9.17, 15) is 14.9 Å². The number of rotatable bonds is 5. The SMILES string of the molecule is O=C(CN1CCc2sccc2C1c1ccccc1)Nc1ccc([N+](=O)[O-])cc1Cl. The maximum Gasteiger partial charge on any atom is 0.271 e. The molecule has 0 radical (unpaired) electrons. The fourth-order valence-electron chi connectivity index (χ4n) is 3.66. The van der Waals surface area contributed by atoms with Crippen LogP contribution < -0.4 is 5.32 Å². The van der Waals surface area contributed by atoms with Crippen molar-refractivity contribution in [1.29, 1.82) is 0 Å². The highest BCUT2D eigenvalue weighted by Crippen LogP contribution is 2.37. The number of nitro groups is 1. The molecule has 1 amide bonds. The van der Waals surface area contributed by atoms with Crippen LogP contribution in [0.2, 0.25) is 5.02 Å². The van der Waals surface area contributed by atoms with E-state index in [4.69, 9.17) is 11.6 Å². The van der Waals surface area contributed by atoms with Gasteiger partial charge in [-0.15, -0.1) is 11.3 Å². The van der Waals surface area contributed by atoms with Gasteiger partial charge in [0.15, 0.2) is 0 Å². The normalized spacial score (nSPS) is 16.2. The Labute approximate surface area is 176 Å². The second-order valence-electron chi connectivity index (χ2n) is 6.80. The van der Waals surface area contributed by atoms with Crippen LogP contribution in [0.4, 0.5) is 11.4 Å². The van der Waals surface area contributed by atoms with E-state index in [1.807, 2.05) is 18.2 Å². The smallest absolute Gasteiger partial charge is 0.271 e. The van der Waals surface area contributed by atoms with E-state index in [2.05, 4.69) is 33.8 Å². The van der Waals surface area contributed by atoms with Gasteiger partial charge in [0.2, 0.25) is 5.91 Å². The molecule has 29 heavy (non-hydrogen) atoms. The highest BCUT2D eigenvalue weighted by atomic mass is 35.5. The summed E-state index contributed by atoms with van der Waals surface area (Å²) in [5.74, 6) is -0.208. The van der Waals surface area contributed by atoms with Crippen molar-refractivity contribution >= 4 is 40.2 Å². The van der Waals surface area contributed by atoms with Crippen molar-refractivity contribution in [1.82, 2.24) is 4.90 Å². The summed E-state index contributed by atoms with van der Waals surface area (Å²) in [6, 6.07) is 16.3. The van der Waals surface area contributed by atoms with E-state index in [1.54, 1.807) is 11.3 Å². The lowest BCUT2D eigenvalue weighted by atomic mass is 9.93. The lowest BCUT2D eigenvalue weighted by Gasteiger charge is -2.35. The molecule has 148 valence electrons. The molecule has 2 aromatic carbocycles. The number of fused-ring (bicyclic) bond motifs is 1. The van der Waals surface area contributed by atoms with Crippen LogP contribution in [0.1, 0.15) is 22.0 Å². The van der Waals surface area contributed by atoms with Crippen LogP contribution in [-0.2, 0) is 11.2 Å². The van der Waals surface area contributed by atoms with Gasteiger partial charge in [-0.3, -0.25) is 19.8 Å². The third-order valence-corrected chi connectivity index (χ3v) is 6.27. The Morgan fingerprint density at radius 3 is 2.76 bits per heavy atom. The number of thiophene rings is 1. The maximum atomic E-state index is 12.7. The minimum Gasteiger partial charge on any atom is -0.324 e. The Bertz CT molecular complexity index is 1050. The summed E-state index contributed by atoms with van der Waals surface area (Å²) in [6.07, 6.45) is 0.905. The third-order valence-electron chi connectivity index (χ3n) is 4.97. The van der Waals surface area contributed by atoms with Gasteiger partial charge in [-0.25, -0.2) is 0 Å². The first kappa shape index (κ1) is 19.6. The van der Waals surface area contributed by atoms with Gasteiger partial charge in [0.25, 0.3) is 5.69 Å². The Hall–Kier alpha value is -2.74. The number of nitrogens with one attached hydrogen (secondary N) is 1. The van der Waals surface area contributed by atoms with Gasteiger partial charge in [-0.1, -0.05) is 41.9 Å². The number of non-ortho nitro benzene ring substituents is 1. The minimum atomic E-state index is -0.520. The molecule has 0 aliphatic carbocycles. The number of carbonyl (C=O) groups is 1. The number of anilines is 1. The monoisotopic (exact) mass is 427 g/mol. The Balaban J connectivity index is 1.53. The molecule has 0 saturated heterocycles. The molecule has 1 unspecified atom stereocenters. The van der Waals surface area contributed by atoms with Gasteiger partial charge in [0.05, 0.1) is 28.2 Å². The fraction of sp³-hybridized carbons (Fsp3) is 0.190. The highest BCUT2D eigenvalue weighted by Gasteiger charge is 2.30. The van der Waals surface area contributed by atoms with Crippen molar-refractivity contribution in [2.24, 2.45) is 0 Å². The van der Waals surface area contributed by atoms with Gasteiger partial charge in [0.1, 0.15) is 0 Å². The molecule has 6 nitrogen and oxygen atoms in total. The van der Waals surface area contributed by atoms with Crippen LogP contribution in [0.3, 0.4) is 0 Å². The van der Waals surface area contributed by atoms with Crippen LogP contribution >= 0.6 is 22.9 Å². The van der Waals surface area contributed by atoms with Gasteiger partial charge >= 0.3 is 0 Å². The van der Waals surface area contributed by atoms with Gasteiger partial charge in [-0.2, -0.15) is 0 Å². The minimum absolute atomic E-state index is 0.0179. The number of hydrogen-bond donors (Lipinski definition) is 1. The molecule has 0 spiro atoms. The number of hydrogen-bond acceptors (Lipinski definition) is 5. The van der Waals surface area contributed by atoms with Crippen LogP contribution in [0.5, 0.6) is 0 Å². The van der Waals surface area contributed by atoms with E-state index in [1.165, 1.54) is 28.6 Å². The predicted molar refractivity (Wildman–Crippen MR) is 115 cm³/mol. The Kier molecular flexibility index (Phi) is 5.62. The van der Waals surface area contributed by atoms with Crippen molar-refractivity contribution in [3.05, 3.63) is 91.1 Å². The van der Waals surface area contributed by atoms with Crippen LogP contribution in [-0.4, -0.2) is 28.8 Å². The number of carbonyl (C=O) groups excluding carboxylic acids is 1. The first-order chi connectivity index (χ1) is 14.0. The number of amides is 1. The molecule has 1 atom stereocenters. The summed E-state index contributed by atoms with van der Waals surface area (Å²) >= 11 is 7.86. The van der Waals surface area contributed by atoms with E-state index in [0.29, 0.717) is 5.69 Å². The summed E-state index contributed by atoms with van der Waals surface area (Å²) in [7, 11) is 0. The average molecular weight is 428 g/mol. The second kappa shape index (κ2) is 8.32. The largest absolute Gasteiger partial charge is 0.324 e. The molecule has 1 aliphatic rings. The van der Waals surface area contributed by atoms with Crippen molar-refractivity contribution in [3.8, 4) is 0 Å². The summed E-state index contributed by atoms with van der Waals surface area (Å²) in [5, 5.41) is 15.9. The average Bonchev–Trinajstić information content (AvgIpc) is 3.18. The lowest BCUT2D eigenvalue weighted by Crippen LogP contribution is -2.40. The predicted octanol–water partition coefficient (Wildman–Crippen LogP) is 4.90. The molecule has 1 N–H and O–H groups in total. The molecular formula is C21H18ClN3O3S. The van der Waals surface area contributed by atoms with Crippen LogP contribution in [0.25, 0.3) is 0 Å². The second-order valence-corrected chi connectivity index (χ2v) is 8.21. The summed E-state index contributed by atoms with van der Waals surface area (Å²) in [4.78, 5) is 26.6. The molecular weight excluding hydrogens is 410 g/mol. The molecule has 3 aromatic rings. The third kappa shape index (κ3) is 4.17. The van der Waals surface area contributed by atoms with Crippen molar-refractivity contribution in [2.75, 3.05) is 18.4 Å². The van der Waals surface area contributed by atoms with Crippen molar-refractivity contribution in [3.63, 3.8) is 0 Å². The van der Waals surface area contributed by atoms with Crippen molar-refractivity contribution < 1.29 is 9.72 Å². The summed E-state index contributed by atoms with van der Waals surface area (Å²) in [6.45, 7) is 0.969. The molecule has 2 heterocycles. The molecule has 0 bridgehead atoms. The lowest BCUT2D eigenvalue weighted by molar-refractivity contribution is -0.384. The van der Waals surface area contributed by atoms with Crippen molar-refractivity contribution in [2.45, 2.75) is 12.5 Å². The molecule has 1 aliphatic heterocycles. The van der Waals surface area contributed by atoms with E-state index in [0.717, 1.165) is 18.5 Å². The van der Waals surface area contributed by atoms with Gasteiger partial charge in [0, 0.05) is 23.6 Å². The molecule has 8 heteroatoms. The Morgan fingerprint density at radius 2 is 2.03 bits per heavy atom. The summed E-state index contributed by atoms with van der Waals surface area (Å²) < 4.78 is 0. The number of nitrogens with zero attached hydrogens (tertiary/aromatic N) is 2. The van der Waals surface area contributed by atoms with Crippen LogP contribution in [0.15, 0.2) is 60.0 Å². The maximum absolute atomic E-state index is 12.7. The first-order valence-electron chi connectivity index (χ1n) is 9.12. The molecule has 4 rings (SSSR count). The molecule has 0 saturated carbocycles. The molecule has 1 aromatic heterocycles. The quantitative estimate of drug-likeness (QED) is 0.464.